The Bertz CT molecular complexity index is 1670. The maximum absolute atomic E-state index is 11.4. The van der Waals surface area contributed by atoms with Crippen molar-refractivity contribution in [2.24, 2.45) is 5.73 Å². The molecule has 0 radical (unpaired) electrons. The molecule has 1 saturated heterocycles. The molecule has 1 amide bonds. The standard InChI is InChI=1S/C35H39N5O2/c1-3-5-8-26(4-2)14-16-40-25-28(31-21-27(24-36)10-12-32(31)40)9-6-7-15-38-17-19-39(20-18-38)30-11-13-33-29(22-30)23-34(42-33)35(37)41/h3-5,8,10-13,21-23,25H,2,6-7,9,14-20H2,1H3,(H2,37,41)/b5-3-,26-8+. The van der Waals surface area contributed by atoms with Crippen LogP contribution in [-0.2, 0) is 13.0 Å². The summed E-state index contributed by atoms with van der Waals surface area (Å²) in [5, 5.41) is 11.6. The van der Waals surface area contributed by atoms with Crippen LogP contribution in [0.25, 0.3) is 21.9 Å². The molecule has 0 spiro atoms. The minimum Gasteiger partial charge on any atom is -0.451 e. The van der Waals surface area contributed by atoms with Gasteiger partial charge in [-0.3, -0.25) is 9.69 Å². The Labute approximate surface area is 247 Å². The van der Waals surface area contributed by atoms with E-state index >= 15 is 0 Å². The summed E-state index contributed by atoms with van der Waals surface area (Å²) >= 11 is 0. The third-order valence-corrected chi connectivity index (χ3v) is 8.15. The highest BCUT2D eigenvalue weighted by atomic mass is 16.3. The topological polar surface area (TPSA) is 91.4 Å². The zero-order valence-electron chi connectivity index (χ0n) is 24.4. The van der Waals surface area contributed by atoms with Crippen molar-refractivity contribution in [2.75, 3.05) is 37.6 Å². The molecular weight excluding hydrogens is 522 g/mol. The largest absolute Gasteiger partial charge is 0.451 e. The number of aryl methyl sites for hydroxylation is 2. The van der Waals surface area contributed by atoms with Gasteiger partial charge in [0.1, 0.15) is 5.58 Å². The van der Waals surface area contributed by atoms with Gasteiger partial charge in [-0.1, -0.05) is 30.9 Å². The number of anilines is 1. The zero-order chi connectivity index (χ0) is 29.5. The SMILES string of the molecule is C=C/C(=C\C=C/C)CCn1cc(CCCCN2CCN(c3ccc4oc(C(N)=O)cc4c3)CC2)c2cc(C#N)ccc21. The first-order chi connectivity index (χ1) is 20.5. The summed E-state index contributed by atoms with van der Waals surface area (Å²) in [5.74, 6) is -0.352. The van der Waals surface area contributed by atoms with Gasteiger partial charge in [-0.05, 0) is 92.8 Å². The molecule has 3 heterocycles. The smallest absolute Gasteiger partial charge is 0.284 e. The highest BCUT2D eigenvalue weighted by Gasteiger charge is 2.18. The second-order valence-corrected chi connectivity index (χ2v) is 10.9. The Balaban J connectivity index is 1.15. The van der Waals surface area contributed by atoms with E-state index in [1.54, 1.807) is 6.07 Å². The number of carbonyl (C=O) groups excluding carboxylic acids is 1. The normalized spacial score (nSPS) is 14.7. The fourth-order valence-corrected chi connectivity index (χ4v) is 5.78. The number of hydrogen-bond acceptors (Lipinski definition) is 5. The number of benzene rings is 2. The second kappa shape index (κ2) is 13.4. The number of amides is 1. The molecule has 216 valence electrons. The van der Waals surface area contributed by atoms with E-state index in [0.29, 0.717) is 11.1 Å². The average molecular weight is 562 g/mol. The van der Waals surface area contributed by atoms with Crippen LogP contribution >= 0.6 is 0 Å². The highest BCUT2D eigenvalue weighted by molar-refractivity contribution is 5.95. The average Bonchev–Trinajstić information content (AvgIpc) is 3.60. The number of unbranched alkanes of at least 4 members (excludes halogenated alkanes) is 1. The highest BCUT2D eigenvalue weighted by Crippen LogP contribution is 2.27. The summed E-state index contributed by atoms with van der Waals surface area (Å²) < 4.78 is 7.85. The number of fused-ring (bicyclic) bond motifs is 2. The van der Waals surface area contributed by atoms with Gasteiger partial charge in [0, 0.05) is 60.9 Å². The van der Waals surface area contributed by atoms with Crippen molar-refractivity contribution in [1.82, 2.24) is 9.47 Å². The Hall–Kier alpha value is -4.54. The quantitative estimate of drug-likeness (QED) is 0.156. The molecule has 0 atom stereocenters. The van der Waals surface area contributed by atoms with Crippen LogP contribution in [0.1, 0.15) is 47.9 Å². The van der Waals surface area contributed by atoms with Crippen LogP contribution in [0.4, 0.5) is 5.69 Å². The molecule has 7 heteroatoms. The molecule has 0 aliphatic carbocycles. The number of nitriles is 1. The van der Waals surface area contributed by atoms with E-state index in [-0.39, 0.29) is 5.76 Å². The molecule has 5 rings (SSSR count). The molecule has 7 nitrogen and oxygen atoms in total. The van der Waals surface area contributed by atoms with Crippen LogP contribution < -0.4 is 10.6 Å². The van der Waals surface area contributed by atoms with Crippen LogP contribution in [0.15, 0.2) is 89.5 Å². The summed E-state index contributed by atoms with van der Waals surface area (Å²) in [4.78, 5) is 16.4. The maximum Gasteiger partial charge on any atom is 0.284 e. The number of nitrogens with two attached hydrogens (primary N) is 1. The third kappa shape index (κ3) is 6.67. The van der Waals surface area contributed by atoms with E-state index in [1.807, 2.05) is 37.3 Å². The van der Waals surface area contributed by atoms with Crippen molar-refractivity contribution in [3.8, 4) is 6.07 Å². The van der Waals surface area contributed by atoms with Crippen molar-refractivity contribution in [3.63, 3.8) is 0 Å². The Morgan fingerprint density at radius 3 is 2.67 bits per heavy atom. The molecule has 42 heavy (non-hydrogen) atoms. The molecule has 1 aliphatic heterocycles. The lowest BCUT2D eigenvalue weighted by Crippen LogP contribution is -2.46. The molecule has 2 aromatic carbocycles. The number of piperazine rings is 1. The fourth-order valence-electron chi connectivity index (χ4n) is 5.78. The van der Waals surface area contributed by atoms with E-state index in [1.165, 1.54) is 22.0 Å². The van der Waals surface area contributed by atoms with Gasteiger partial charge < -0.3 is 19.6 Å². The van der Waals surface area contributed by atoms with Gasteiger partial charge in [0.05, 0.1) is 11.6 Å². The van der Waals surface area contributed by atoms with Gasteiger partial charge in [-0.25, -0.2) is 0 Å². The molecule has 0 saturated carbocycles. The van der Waals surface area contributed by atoms with Crippen LogP contribution in [0.3, 0.4) is 0 Å². The Morgan fingerprint density at radius 2 is 1.93 bits per heavy atom. The lowest BCUT2D eigenvalue weighted by molar-refractivity contribution is 0.0976. The minimum atomic E-state index is -0.547. The predicted octanol–water partition coefficient (Wildman–Crippen LogP) is 6.58. The molecule has 2 aromatic heterocycles. The number of nitrogens with zero attached hydrogens (tertiary/aromatic N) is 4. The van der Waals surface area contributed by atoms with Crippen molar-refractivity contribution in [1.29, 1.82) is 5.26 Å². The van der Waals surface area contributed by atoms with Crippen LogP contribution in [0, 0.1) is 11.3 Å². The van der Waals surface area contributed by atoms with Gasteiger partial charge in [-0.2, -0.15) is 5.26 Å². The van der Waals surface area contributed by atoms with Crippen molar-refractivity contribution in [3.05, 3.63) is 102 Å². The molecule has 0 unspecified atom stereocenters. The molecule has 4 aromatic rings. The number of carbonyl (C=O) groups is 1. The van der Waals surface area contributed by atoms with Crippen molar-refractivity contribution < 1.29 is 9.21 Å². The zero-order valence-corrected chi connectivity index (χ0v) is 24.4. The first-order valence-corrected chi connectivity index (χ1v) is 14.8. The van der Waals surface area contributed by atoms with Gasteiger partial charge >= 0.3 is 0 Å². The van der Waals surface area contributed by atoms with Crippen LogP contribution in [-0.4, -0.2) is 48.1 Å². The molecule has 0 bridgehead atoms. The summed E-state index contributed by atoms with van der Waals surface area (Å²) in [6.07, 6.45) is 14.6. The van der Waals surface area contributed by atoms with Gasteiger partial charge in [-0.15, -0.1) is 0 Å². The number of rotatable bonds is 12. The minimum absolute atomic E-state index is 0.195. The van der Waals surface area contributed by atoms with Crippen LogP contribution in [0.2, 0.25) is 0 Å². The monoisotopic (exact) mass is 561 g/mol. The van der Waals surface area contributed by atoms with E-state index in [4.69, 9.17) is 10.2 Å². The molecule has 1 aliphatic rings. The third-order valence-electron chi connectivity index (χ3n) is 8.15. The van der Waals surface area contributed by atoms with E-state index in [2.05, 4.69) is 63.6 Å². The summed E-state index contributed by atoms with van der Waals surface area (Å²) in [6, 6.07) is 16.1. The number of furan rings is 1. The van der Waals surface area contributed by atoms with E-state index < -0.39 is 5.91 Å². The molecular formula is C35H39N5O2. The number of primary amides is 1. The Kier molecular flexibility index (Phi) is 9.25. The lowest BCUT2D eigenvalue weighted by atomic mass is 10.0. The van der Waals surface area contributed by atoms with Gasteiger partial charge in [0.15, 0.2) is 5.76 Å². The number of aromatic nitrogens is 1. The van der Waals surface area contributed by atoms with Crippen LogP contribution in [0.5, 0.6) is 0 Å². The van der Waals surface area contributed by atoms with Gasteiger partial charge in [0.25, 0.3) is 5.91 Å². The predicted molar refractivity (Wildman–Crippen MR) is 171 cm³/mol. The Morgan fingerprint density at radius 1 is 1.10 bits per heavy atom. The molecule has 1 fully saturated rings. The van der Waals surface area contributed by atoms with Crippen molar-refractivity contribution in [2.45, 2.75) is 39.2 Å². The summed E-state index contributed by atoms with van der Waals surface area (Å²) in [7, 11) is 0. The maximum atomic E-state index is 11.4. The number of allylic oxidation sites excluding steroid dienone is 5. The summed E-state index contributed by atoms with van der Waals surface area (Å²) in [6.45, 7) is 11.9. The first-order valence-electron chi connectivity index (χ1n) is 14.8. The first kappa shape index (κ1) is 29.0. The van der Waals surface area contributed by atoms with E-state index in [9.17, 15) is 10.1 Å². The number of hydrogen-bond donors (Lipinski definition) is 1. The lowest BCUT2D eigenvalue weighted by Gasteiger charge is -2.36. The second-order valence-electron chi connectivity index (χ2n) is 10.9. The molecule has 2 N–H and O–H groups in total. The van der Waals surface area contributed by atoms with E-state index in [0.717, 1.165) is 76.0 Å². The summed E-state index contributed by atoms with van der Waals surface area (Å²) in [5.41, 5.74) is 11.6. The van der Waals surface area contributed by atoms with Gasteiger partial charge in [0.2, 0.25) is 0 Å². The fraction of sp³-hybridized carbons (Fsp3) is 0.314. The van der Waals surface area contributed by atoms with Crippen molar-refractivity contribution >= 4 is 33.5 Å².